The van der Waals surface area contributed by atoms with Gasteiger partial charge in [0.05, 0.1) is 23.6 Å². The third-order valence-corrected chi connectivity index (χ3v) is 5.01. The first-order valence-electron chi connectivity index (χ1n) is 9.32. The molecule has 3 aromatic rings. The van der Waals surface area contributed by atoms with E-state index in [1.165, 1.54) is 0 Å². The number of hydrogen-bond acceptors (Lipinski definition) is 5. The minimum atomic E-state index is -0.0348. The normalized spacial score (nSPS) is 17.5. The maximum absolute atomic E-state index is 13.3. The number of amides is 1. The molecule has 0 saturated carbocycles. The molecule has 1 amide bonds. The Morgan fingerprint density at radius 2 is 2.11 bits per heavy atom. The molecule has 138 valence electrons. The van der Waals surface area contributed by atoms with Gasteiger partial charge in [0.15, 0.2) is 5.82 Å². The summed E-state index contributed by atoms with van der Waals surface area (Å²) in [7, 11) is 0. The third kappa shape index (κ3) is 3.60. The van der Waals surface area contributed by atoms with Crippen molar-refractivity contribution < 1.29 is 9.21 Å². The van der Waals surface area contributed by atoms with Crippen molar-refractivity contribution in [3.63, 3.8) is 0 Å². The second kappa shape index (κ2) is 7.70. The lowest BCUT2D eigenvalue weighted by molar-refractivity contribution is 0.0657. The first-order chi connectivity index (χ1) is 13.2. The van der Waals surface area contributed by atoms with E-state index in [0.29, 0.717) is 23.6 Å². The fourth-order valence-corrected chi connectivity index (χ4v) is 3.59. The van der Waals surface area contributed by atoms with E-state index in [4.69, 9.17) is 4.42 Å². The van der Waals surface area contributed by atoms with Gasteiger partial charge in [-0.3, -0.25) is 9.78 Å². The Kier molecular flexibility index (Phi) is 4.96. The largest absolute Gasteiger partial charge is 0.467 e. The quantitative estimate of drug-likeness (QED) is 0.698. The second-order valence-corrected chi connectivity index (χ2v) is 6.81. The molecule has 6 heteroatoms. The number of furan rings is 1. The van der Waals surface area contributed by atoms with Crippen LogP contribution >= 0.6 is 0 Å². The van der Waals surface area contributed by atoms with Crippen molar-refractivity contribution in [2.24, 2.45) is 0 Å². The number of hydrogen-bond donors (Lipinski definition) is 0. The van der Waals surface area contributed by atoms with Crippen LogP contribution in [0.1, 0.15) is 53.5 Å². The average Bonchev–Trinajstić information content (AvgIpc) is 3.12. The zero-order valence-electron chi connectivity index (χ0n) is 15.3. The van der Waals surface area contributed by atoms with E-state index in [1.54, 1.807) is 24.9 Å². The number of aryl methyl sites for hydroxylation is 1. The highest BCUT2D eigenvalue weighted by Gasteiger charge is 2.30. The molecule has 4 heterocycles. The zero-order chi connectivity index (χ0) is 18.6. The van der Waals surface area contributed by atoms with Crippen molar-refractivity contribution in [1.82, 2.24) is 19.9 Å². The van der Waals surface area contributed by atoms with Crippen LogP contribution in [0.2, 0.25) is 0 Å². The summed E-state index contributed by atoms with van der Waals surface area (Å²) in [6.07, 6.45) is 10.8. The molecule has 0 spiro atoms. The number of nitrogens with zero attached hydrogens (tertiary/aromatic N) is 4. The van der Waals surface area contributed by atoms with Gasteiger partial charge in [-0.05, 0) is 44.0 Å². The van der Waals surface area contributed by atoms with Gasteiger partial charge in [0, 0.05) is 30.7 Å². The van der Waals surface area contributed by atoms with Crippen molar-refractivity contribution in [1.29, 1.82) is 0 Å². The first kappa shape index (κ1) is 17.4. The van der Waals surface area contributed by atoms with Gasteiger partial charge in [0.1, 0.15) is 5.76 Å². The lowest BCUT2D eigenvalue weighted by Crippen LogP contribution is -2.35. The van der Waals surface area contributed by atoms with Crippen LogP contribution in [0, 0.1) is 6.92 Å². The Balaban J connectivity index is 1.64. The minimum Gasteiger partial charge on any atom is -0.467 e. The molecule has 0 aliphatic carbocycles. The van der Waals surface area contributed by atoms with E-state index in [0.717, 1.165) is 37.0 Å². The van der Waals surface area contributed by atoms with E-state index in [9.17, 15) is 4.79 Å². The fraction of sp³-hybridized carbons (Fsp3) is 0.333. The lowest BCUT2D eigenvalue weighted by atomic mass is 10.1. The molecule has 0 aromatic carbocycles. The van der Waals surface area contributed by atoms with Crippen molar-refractivity contribution >= 4 is 5.91 Å². The van der Waals surface area contributed by atoms with Crippen LogP contribution in [0.15, 0.2) is 53.5 Å². The highest BCUT2D eigenvalue weighted by Crippen LogP contribution is 2.32. The van der Waals surface area contributed by atoms with Crippen molar-refractivity contribution in [3.8, 4) is 11.4 Å². The molecule has 6 nitrogen and oxygen atoms in total. The molecular formula is C21H22N4O2. The summed E-state index contributed by atoms with van der Waals surface area (Å²) in [5.74, 6) is 1.39. The van der Waals surface area contributed by atoms with Crippen LogP contribution in [0.5, 0.6) is 0 Å². The van der Waals surface area contributed by atoms with E-state index >= 15 is 0 Å². The monoisotopic (exact) mass is 362 g/mol. The minimum absolute atomic E-state index is 0.0338. The molecule has 0 N–H and O–H groups in total. The SMILES string of the molecule is Cc1nc(-c2cccnc2)ncc1C(=O)N1CCCCCC1c1ccco1. The van der Waals surface area contributed by atoms with Crippen LogP contribution in [0.4, 0.5) is 0 Å². The van der Waals surface area contributed by atoms with E-state index < -0.39 is 0 Å². The van der Waals surface area contributed by atoms with Gasteiger partial charge in [0.25, 0.3) is 5.91 Å². The maximum Gasteiger partial charge on any atom is 0.257 e. The Morgan fingerprint density at radius 3 is 2.85 bits per heavy atom. The Hall–Kier alpha value is -3.02. The summed E-state index contributed by atoms with van der Waals surface area (Å²) in [5.41, 5.74) is 2.06. The van der Waals surface area contributed by atoms with Crippen molar-refractivity contribution in [2.75, 3.05) is 6.54 Å². The van der Waals surface area contributed by atoms with Crippen LogP contribution in [-0.4, -0.2) is 32.3 Å². The summed E-state index contributed by atoms with van der Waals surface area (Å²) in [4.78, 5) is 28.3. The molecule has 1 aliphatic heterocycles. The topological polar surface area (TPSA) is 72.1 Å². The standard InChI is InChI=1S/C21H22N4O2/c1-15-17(14-23-20(24-15)16-7-5-10-22-13-16)21(26)25-11-4-2-3-8-18(25)19-9-6-12-27-19/h5-7,9-10,12-14,18H,2-4,8,11H2,1H3. The summed E-state index contributed by atoms with van der Waals surface area (Å²) >= 11 is 0. The smallest absolute Gasteiger partial charge is 0.257 e. The molecule has 0 bridgehead atoms. The molecule has 1 saturated heterocycles. The number of aromatic nitrogens is 3. The molecular weight excluding hydrogens is 340 g/mol. The molecule has 1 atom stereocenters. The van der Waals surface area contributed by atoms with E-state index in [2.05, 4.69) is 15.0 Å². The van der Waals surface area contributed by atoms with Crippen molar-refractivity contribution in [2.45, 2.75) is 38.6 Å². The summed E-state index contributed by atoms with van der Waals surface area (Å²) < 4.78 is 5.62. The predicted molar refractivity (Wildman–Crippen MR) is 101 cm³/mol. The highest BCUT2D eigenvalue weighted by molar-refractivity contribution is 5.95. The fourth-order valence-electron chi connectivity index (χ4n) is 3.59. The Labute approximate surface area is 158 Å². The number of pyridine rings is 1. The Morgan fingerprint density at radius 1 is 1.19 bits per heavy atom. The van der Waals surface area contributed by atoms with Gasteiger partial charge in [-0.2, -0.15) is 0 Å². The summed E-state index contributed by atoms with van der Waals surface area (Å²) in [6, 6.07) is 7.54. The van der Waals surface area contributed by atoms with Crippen LogP contribution in [0.3, 0.4) is 0 Å². The molecule has 1 unspecified atom stereocenters. The zero-order valence-corrected chi connectivity index (χ0v) is 15.3. The number of rotatable bonds is 3. The van der Waals surface area contributed by atoms with Crippen molar-refractivity contribution in [3.05, 3.63) is 66.1 Å². The van der Waals surface area contributed by atoms with E-state index in [-0.39, 0.29) is 11.9 Å². The third-order valence-electron chi connectivity index (χ3n) is 5.01. The molecule has 4 rings (SSSR count). The van der Waals surface area contributed by atoms with Gasteiger partial charge in [0.2, 0.25) is 0 Å². The van der Waals surface area contributed by atoms with Gasteiger partial charge in [-0.15, -0.1) is 0 Å². The van der Waals surface area contributed by atoms with Crippen LogP contribution in [0.25, 0.3) is 11.4 Å². The summed E-state index contributed by atoms with van der Waals surface area (Å²) in [6.45, 7) is 2.57. The maximum atomic E-state index is 13.3. The van der Waals surface area contributed by atoms with Crippen LogP contribution < -0.4 is 0 Å². The number of carbonyl (C=O) groups excluding carboxylic acids is 1. The van der Waals surface area contributed by atoms with Gasteiger partial charge >= 0.3 is 0 Å². The molecule has 3 aromatic heterocycles. The molecule has 1 fully saturated rings. The van der Waals surface area contributed by atoms with Crippen LogP contribution in [-0.2, 0) is 0 Å². The molecule has 0 radical (unpaired) electrons. The van der Waals surface area contributed by atoms with Gasteiger partial charge < -0.3 is 9.32 Å². The van der Waals surface area contributed by atoms with E-state index in [1.807, 2.05) is 36.1 Å². The Bertz CT molecular complexity index is 909. The molecule has 1 aliphatic rings. The van der Waals surface area contributed by atoms with Gasteiger partial charge in [-0.1, -0.05) is 12.8 Å². The molecule has 27 heavy (non-hydrogen) atoms. The number of likely N-dealkylation sites (tertiary alicyclic amines) is 1. The first-order valence-corrected chi connectivity index (χ1v) is 9.32. The highest BCUT2D eigenvalue weighted by atomic mass is 16.3. The summed E-state index contributed by atoms with van der Waals surface area (Å²) in [5, 5.41) is 0. The second-order valence-electron chi connectivity index (χ2n) is 6.81. The average molecular weight is 362 g/mol. The lowest BCUT2D eigenvalue weighted by Gasteiger charge is -2.29. The predicted octanol–water partition coefficient (Wildman–Crippen LogP) is 4.20. The number of carbonyl (C=O) groups is 1. The van der Waals surface area contributed by atoms with Gasteiger partial charge in [-0.25, -0.2) is 9.97 Å².